The quantitative estimate of drug-likeness (QED) is 0.845. The van der Waals surface area contributed by atoms with E-state index in [2.05, 4.69) is 53.2 Å². The molecule has 0 saturated carbocycles. The highest BCUT2D eigenvalue weighted by atomic mass is 16.5. The van der Waals surface area contributed by atoms with Crippen LogP contribution in [0.4, 0.5) is 0 Å². The normalized spacial score (nSPS) is 17.0. The summed E-state index contributed by atoms with van der Waals surface area (Å²) in [6.07, 6.45) is 2.52. The van der Waals surface area contributed by atoms with Crippen LogP contribution >= 0.6 is 0 Å². The van der Waals surface area contributed by atoms with Gasteiger partial charge < -0.3 is 9.26 Å². The van der Waals surface area contributed by atoms with E-state index >= 15 is 0 Å². The molecule has 0 atom stereocenters. The molecule has 5 nitrogen and oxygen atoms in total. The number of hydrogen-bond donors (Lipinski definition) is 0. The first kappa shape index (κ1) is 16.1. The van der Waals surface area contributed by atoms with E-state index in [0.29, 0.717) is 30.3 Å². The van der Waals surface area contributed by atoms with Crippen LogP contribution in [0.5, 0.6) is 0 Å². The summed E-state index contributed by atoms with van der Waals surface area (Å²) in [5, 5.41) is 4.12. The number of ether oxygens (including phenoxy) is 1. The predicted octanol–water partition coefficient (Wildman–Crippen LogP) is 3.47. The second-order valence-electron chi connectivity index (χ2n) is 6.50. The van der Waals surface area contributed by atoms with Gasteiger partial charge in [0.05, 0.1) is 12.6 Å². The second-order valence-corrected chi connectivity index (χ2v) is 6.50. The number of nitrogens with zero attached hydrogens (tertiary/aromatic N) is 3. The highest BCUT2D eigenvalue weighted by Gasteiger charge is 2.20. The average molecular weight is 315 g/mol. The number of benzene rings is 1. The van der Waals surface area contributed by atoms with E-state index in [1.807, 2.05) is 0 Å². The number of likely N-dealkylation sites (tertiary alicyclic amines) is 1. The highest BCUT2D eigenvalue weighted by Crippen LogP contribution is 2.21. The lowest BCUT2D eigenvalue weighted by Gasteiger charge is -2.29. The van der Waals surface area contributed by atoms with E-state index in [1.54, 1.807) is 7.11 Å². The Morgan fingerprint density at radius 3 is 2.52 bits per heavy atom. The van der Waals surface area contributed by atoms with Gasteiger partial charge in [-0.3, -0.25) is 4.90 Å². The van der Waals surface area contributed by atoms with Crippen LogP contribution in [-0.2, 0) is 11.3 Å². The van der Waals surface area contributed by atoms with Gasteiger partial charge in [-0.05, 0) is 24.3 Å². The Balaban J connectivity index is 1.62. The summed E-state index contributed by atoms with van der Waals surface area (Å²) in [5.41, 5.74) is 2.32. The zero-order valence-corrected chi connectivity index (χ0v) is 14.2. The van der Waals surface area contributed by atoms with Gasteiger partial charge in [-0.15, -0.1) is 0 Å². The van der Waals surface area contributed by atoms with Gasteiger partial charge >= 0.3 is 0 Å². The fraction of sp³-hybridized carbons (Fsp3) is 0.556. The molecule has 1 aromatic heterocycles. The SMILES string of the molecule is COC1CCN(Cc2nc(-c3ccc(C(C)C)cc3)no2)CC1. The molecule has 0 aliphatic carbocycles. The first-order valence-corrected chi connectivity index (χ1v) is 8.33. The van der Waals surface area contributed by atoms with Crippen molar-refractivity contribution in [2.24, 2.45) is 0 Å². The van der Waals surface area contributed by atoms with Crippen LogP contribution in [0, 0.1) is 0 Å². The molecule has 2 aromatic rings. The molecule has 0 bridgehead atoms. The molecule has 0 spiro atoms. The number of methoxy groups -OCH3 is 1. The van der Waals surface area contributed by atoms with E-state index < -0.39 is 0 Å². The Bertz CT molecular complexity index is 613. The van der Waals surface area contributed by atoms with Crippen molar-refractivity contribution in [3.63, 3.8) is 0 Å². The summed E-state index contributed by atoms with van der Waals surface area (Å²) in [6.45, 7) is 7.12. The van der Waals surface area contributed by atoms with Crippen molar-refractivity contribution < 1.29 is 9.26 Å². The minimum absolute atomic E-state index is 0.393. The summed E-state index contributed by atoms with van der Waals surface area (Å²) in [5.74, 6) is 1.88. The molecule has 3 rings (SSSR count). The topological polar surface area (TPSA) is 51.4 Å². The number of piperidine rings is 1. The lowest BCUT2D eigenvalue weighted by molar-refractivity contribution is 0.0359. The fourth-order valence-electron chi connectivity index (χ4n) is 2.95. The molecule has 1 aliphatic rings. The summed E-state index contributed by atoms with van der Waals surface area (Å²) >= 11 is 0. The van der Waals surface area contributed by atoms with E-state index in [1.165, 1.54) is 5.56 Å². The average Bonchev–Trinajstić information content (AvgIpc) is 3.04. The largest absolute Gasteiger partial charge is 0.381 e. The summed E-state index contributed by atoms with van der Waals surface area (Å²) in [6, 6.07) is 8.39. The van der Waals surface area contributed by atoms with Crippen molar-refractivity contribution in [2.45, 2.75) is 45.3 Å². The molecule has 124 valence electrons. The molecule has 1 aromatic carbocycles. The standard InChI is InChI=1S/C18H25N3O2/c1-13(2)14-4-6-15(7-5-14)18-19-17(23-20-18)12-21-10-8-16(22-3)9-11-21/h4-7,13,16H,8-12H2,1-3H3. The highest BCUT2D eigenvalue weighted by molar-refractivity contribution is 5.54. The van der Waals surface area contributed by atoms with E-state index in [0.717, 1.165) is 31.5 Å². The second kappa shape index (κ2) is 7.23. The van der Waals surface area contributed by atoms with Crippen LogP contribution in [0.3, 0.4) is 0 Å². The lowest BCUT2D eigenvalue weighted by Crippen LogP contribution is -2.36. The summed E-state index contributed by atoms with van der Waals surface area (Å²) < 4.78 is 10.8. The molecule has 0 amide bonds. The maximum absolute atomic E-state index is 5.42. The third-order valence-corrected chi connectivity index (χ3v) is 4.53. The first-order valence-electron chi connectivity index (χ1n) is 8.33. The van der Waals surface area contributed by atoms with Crippen molar-refractivity contribution in [3.8, 4) is 11.4 Å². The van der Waals surface area contributed by atoms with Crippen LogP contribution < -0.4 is 0 Å². The third-order valence-electron chi connectivity index (χ3n) is 4.53. The van der Waals surface area contributed by atoms with Crippen molar-refractivity contribution in [1.29, 1.82) is 0 Å². The Morgan fingerprint density at radius 2 is 1.91 bits per heavy atom. The van der Waals surface area contributed by atoms with Gasteiger partial charge in [-0.1, -0.05) is 43.3 Å². The van der Waals surface area contributed by atoms with Gasteiger partial charge in [-0.25, -0.2) is 0 Å². The molecule has 2 heterocycles. The number of hydrogen-bond acceptors (Lipinski definition) is 5. The van der Waals surface area contributed by atoms with Crippen LogP contribution in [-0.4, -0.2) is 41.3 Å². The molecular formula is C18H25N3O2. The van der Waals surface area contributed by atoms with E-state index in [-0.39, 0.29) is 0 Å². The molecule has 1 fully saturated rings. The van der Waals surface area contributed by atoms with Crippen molar-refractivity contribution in [2.75, 3.05) is 20.2 Å². The lowest BCUT2D eigenvalue weighted by atomic mass is 10.0. The van der Waals surface area contributed by atoms with Gasteiger partial charge in [0.15, 0.2) is 0 Å². The Labute approximate surface area is 137 Å². The number of aromatic nitrogens is 2. The third kappa shape index (κ3) is 3.98. The van der Waals surface area contributed by atoms with Gasteiger partial charge in [0.1, 0.15) is 0 Å². The minimum atomic E-state index is 0.393. The molecular weight excluding hydrogens is 290 g/mol. The predicted molar refractivity (Wildman–Crippen MR) is 89.1 cm³/mol. The van der Waals surface area contributed by atoms with Gasteiger partial charge in [0.2, 0.25) is 11.7 Å². The Kier molecular flexibility index (Phi) is 5.08. The van der Waals surface area contributed by atoms with Gasteiger partial charge in [-0.2, -0.15) is 4.98 Å². The van der Waals surface area contributed by atoms with Crippen LogP contribution in [0.2, 0.25) is 0 Å². The summed E-state index contributed by atoms with van der Waals surface area (Å²) in [7, 11) is 1.79. The van der Waals surface area contributed by atoms with Crippen molar-refractivity contribution in [1.82, 2.24) is 15.0 Å². The zero-order chi connectivity index (χ0) is 16.2. The van der Waals surface area contributed by atoms with Crippen molar-refractivity contribution >= 4 is 0 Å². The fourth-order valence-corrected chi connectivity index (χ4v) is 2.95. The monoisotopic (exact) mass is 315 g/mol. The molecule has 0 N–H and O–H groups in total. The first-order chi connectivity index (χ1) is 11.2. The minimum Gasteiger partial charge on any atom is -0.381 e. The molecule has 1 aliphatic heterocycles. The van der Waals surface area contributed by atoms with Gasteiger partial charge in [0, 0.05) is 25.8 Å². The zero-order valence-electron chi connectivity index (χ0n) is 14.2. The van der Waals surface area contributed by atoms with Crippen molar-refractivity contribution in [3.05, 3.63) is 35.7 Å². The number of rotatable bonds is 5. The maximum atomic E-state index is 5.42. The Morgan fingerprint density at radius 1 is 1.22 bits per heavy atom. The van der Waals surface area contributed by atoms with Crippen LogP contribution in [0.15, 0.2) is 28.8 Å². The van der Waals surface area contributed by atoms with Crippen LogP contribution in [0.1, 0.15) is 44.1 Å². The molecule has 0 radical (unpaired) electrons. The van der Waals surface area contributed by atoms with E-state index in [4.69, 9.17) is 9.26 Å². The smallest absolute Gasteiger partial charge is 0.241 e. The molecule has 1 saturated heterocycles. The molecule has 0 unspecified atom stereocenters. The van der Waals surface area contributed by atoms with Crippen LogP contribution in [0.25, 0.3) is 11.4 Å². The maximum Gasteiger partial charge on any atom is 0.241 e. The molecule has 5 heteroatoms. The Hall–Kier alpha value is -1.72. The van der Waals surface area contributed by atoms with Gasteiger partial charge in [0.25, 0.3) is 0 Å². The molecule has 23 heavy (non-hydrogen) atoms. The summed E-state index contributed by atoms with van der Waals surface area (Å²) in [4.78, 5) is 6.88. The van der Waals surface area contributed by atoms with E-state index in [9.17, 15) is 0 Å².